The Morgan fingerprint density at radius 3 is 2.47 bits per heavy atom. The van der Waals surface area contributed by atoms with Gasteiger partial charge < -0.3 is 10.4 Å². The van der Waals surface area contributed by atoms with Crippen molar-refractivity contribution in [2.75, 3.05) is 5.32 Å². The van der Waals surface area contributed by atoms with E-state index in [4.69, 9.17) is 5.11 Å². The maximum atomic E-state index is 12.7. The number of alkyl halides is 3. The molecule has 6 heteroatoms. The summed E-state index contributed by atoms with van der Waals surface area (Å²) in [5, 5.41) is 11.1. The number of nitrogens with one attached hydrogen (secondary N) is 1. The predicted octanol–water partition coefficient (Wildman–Crippen LogP) is 2.89. The van der Waals surface area contributed by atoms with Crippen LogP contribution in [-0.4, -0.2) is 22.8 Å². The Morgan fingerprint density at radius 1 is 1.35 bits per heavy atom. The number of carboxylic acid groups (broad SMARTS) is 1. The first-order valence-corrected chi connectivity index (χ1v) is 5.02. The third-order valence-corrected chi connectivity index (χ3v) is 2.79. The van der Waals surface area contributed by atoms with Crippen LogP contribution in [0.2, 0.25) is 0 Å². The largest absolute Gasteiger partial charge is 0.478 e. The van der Waals surface area contributed by atoms with Crippen LogP contribution in [0.5, 0.6) is 0 Å². The third-order valence-electron chi connectivity index (χ3n) is 2.79. The Kier molecular flexibility index (Phi) is 2.52. The smallest absolute Gasteiger partial charge is 0.411 e. The van der Waals surface area contributed by atoms with Crippen molar-refractivity contribution in [1.82, 2.24) is 0 Å². The lowest BCUT2D eigenvalue weighted by Crippen LogP contribution is -2.38. The summed E-state index contributed by atoms with van der Waals surface area (Å²) in [5.74, 6) is -1.16. The molecule has 17 heavy (non-hydrogen) atoms. The topological polar surface area (TPSA) is 49.3 Å². The van der Waals surface area contributed by atoms with E-state index < -0.39 is 17.7 Å². The Morgan fingerprint density at radius 2 is 2.00 bits per heavy atom. The number of hydrogen-bond donors (Lipinski definition) is 2. The fourth-order valence-electron chi connectivity index (χ4n) is 1.61. The lowest BCUT2D eigenvalue weighted by molar-refractivity contribution is -0.151. The van der Waals surface area contributed by atoms with E-state index in [0.717, 1.165) is 0 Å². The zero-order valence-electron chi connectivity index (χ0n) is 8.71. The minimum Gasteiger partial charge on any atom is -0.478 e. The van der Waals surface area contributed by atoms with Crippen LogP contribution in [0.1, 0.15) is 23.2 Å². The number of carboxylic acids is 1. The standard InChI is InChI=1S/C11H10F3NO2/c12-11(13,14)10(4-5-10)15-8-3-1-2-7(6-8)9(16)17/h1-3,6,15H,4-5H2,(H,16,17). The Bertz CT molecular complexity index is 452. The molecule has 0 bridgehead atoms. The van der Waals surface area contributed by atoms with Crippen LogP contribution in [0.4, 0.5) is 18.9 Å². The van der Waals surface area contributed by atoms with Crippen molar-refractivity contribution in [3.63, 3.8) is 0 Å². The SMILES string of the molecule is O=C(O)c1cccc(NC2(C(F)(F)F)CC2)c1. The number of carbonyl (C=O) groups is 1. The maximum absolute atomic E-state index is 12.7. The number of halogens is 3. The van der Waals surface area contributed by atoms with Gasteiger partial charge in [-0.25, -0.2) is 4.79 Å². The molecule has 0 spiro atoms. The molecular weight excluding hydrogens is 235 g/mol. The maximum Gasteiger partial charge on any atom is 0.411 e. The highest BCUT2D eigenvalue weighted by Crippen LogP contribution is 2.51. The second-order valence-corrected chi connectivity index (χ2v) is 4.09. The molecule has 0 unspecified atom stereocenters. The minimum absolute atomic E-state index is 0.0216. The molecule has 0 radical (unpaired) electrons. The number of benzene rings is 1. The van der Waals surface area contributed by atoms with Gasteiger partial charge in [0, 0.05) is 5.69 Å². The summed E-state index contributed by atoms with van der Waals surface area (Å²) in [5.41, 5.74) is -1.72. The highest BCUT2D eigenvalue weighted by atomic mass is 19.4. The normalized spacial score (nSPS) is 17.6. The summed E-state index contributed by atoms with van der Waals surface area (Å²) in [6.45, 7) is 0. The zero-order chi connectivity index (χ0) is 12.7. The molecule has 0 aliphatic heterocycles. The van der Waals surface area contributed by atoms with Crippen LogP contribution in [0.25, 0.3) is 0 Å². The summed E-state index contributed by atoms with van der Waals surface area (Å²) >= 11 is 0. The summed E-state index contributed by atoms with van der Waals surface area (Å²) < 4.78 is 38.0. The number of aromatic carboxylic acids is 1. The second kappa shape index (κ2) is 3.65. The van der Waals surface area contributed by atoms with Gasteiger partial charge in [0.05, 0.1) is 5.56 Å². The highest BCUT2D eigenvalue weighted by molar-refractivity contribution is 5.88. The van der Waals surface area contributed by atoms with Gasteiger partial charge in [-0.3, -0.25) is 0 Å². The summed E-state index contributed by atoms with van der Waals surface area (Å²) in [6, 6.07) is 5.38. The van der Waals surface area contributed by atoms with Crippen LogP contribution >= 0.6 is 0 Å². The van der Waals surface area contributed by atoms with Crippen molar-refractivity contribution in [2.45, 2.75) is 24.6 Å². The van der Waals surface area contributed by atoms with Crippen LogP contribution < -0.4 is 5.32 Å². The van der Waals surface area contributed by atoms with Gasteiger partial charge in [-0.05, 0) is 31.0 Å². The molecule has 0 atom stereocenters. The summed E-state index contributed by atoms with van der Waals surface area (Å²) in [4.78, 5) is 10.7. The molecule has 1 fully saturated rings. The van der Waals surface area contributed by atoms with Crippen LogP contribution in [0.3, 0.4) is 0 Å². The van der Waals surface area contributed by atoms with Crippen LogP contribution in [0.15, 0.2) is 24.3 Å². The summed E-state index contributed by atoms with van der Waals surface area (Å²) in [6.07, 6.45) is -4.27. The molecule has 3 nitrogen and oxygen atoms in total. The van der Waals surface area contributed by atoms with Crippen molar-refractivity contribution < 1.29 is 23.1 Å². The number of hydrogen-bond acceptors (Lipinski definition) is 2. The molecular formula is C11H10F3NO2. The zero-order valence-corrected chi connectivity index (χ0v) is 8.71. The molecule has 2 N–H and O–H groups in total. The molecule has 0 heterocycles. The fourth-order valence-corrected chi connectivity index (χ4v) is 1.61. The van der Waals surface area contributed by atoms with E-state index in [2.05, 4.69) is 5.32 Å². The van der Waals surface area contributed by atoms with Gasteiger partial charge in [-0.1, -0.05) is 6.07 Å². The van der Waals surface area contributed by atoms with Crippen LogP contribution in [-0.2, 0) is 0 Å². The Hall–Kier alpha value is -1.72. The highest BCUT2D eigenvalue weighted by Gasteiger charge is 2.63. The van der Waals surface area contributed by atoms with Crippen molar-refractivity contribution in [2.24, 2.45) is 0 Å². The van der Waals surface area contributed by atoms with E-state index in [1.54, 1.807) is 0 Å². The number of rotatable bonds is 3. The van der Waals surface area contributed by atoms with Crippen molar-refractivity contribution in [3.05, 3.63) is 29.8 Å². The molecule has 2 rings (SSSR count). The first-order chi connectivity index (χ1) is 7.84. The second-order valence-electron chi connectivity index (χ2n) is 4.09. The fraction of sp³-hybridized carbons (Fsp3) is 0.364. The van der Waals surface area contributed by atoms with Gasteiger partial charge >= 0.3 is 12.1 Å². The van der Waals surface area contributed by atoms with Crippen molar-refractivity contribution in [3.8, 4) is 0 Å². The van der Waals surface area contributed by atoms with E-state index in [1.165, 1.54) is 24.3 Å². The predicted molar refractivity (Wildman–Crippen MR) is 55.0 cm³/mol. The van der Waals surface area contributed by atoms with Gasteiger partial charge in [0.25, 0.3) is 0 Å². The van der Waals surface area contributed by atoms with Gasteiger partial charge in [-0.2, -0.15) is 13.2 Å². The molecule has 0 aromatic heterocycles. The lowest BCUT2D eigenvalue weighted by atomic mass is 10.1. The number of anilines is 1. The monoisotopic (exact) mass is 245 g/mol. The average molecular weight is 245 g/mol. The molecule has 1 aromatic carbocycles. The van der Waals surface area contributed by atoms with E-state index in [-0.39, 0.29) is 24.1 Å². The first kappa shape index (κ1) is 11.8. The molecule has 92 valence electrons. The molecule has 0 saturated heterocycles. The van der Waals surface area contributed by atoms with Gasteiger partial charge in [0.15, 0.2) is 0 Å². The lowest BCUT2D eigenvalue weighted by Gasteiger charge is -2.22. The van der Waals surface area contributed by atoms with E-state index in [1.807, 2.05) is 0 Å². The average Bonchev–Trinajstić information content (AvgIpc) is 2.98. The minimum atomic E-state index is -4.31. The molecule has 1 saturated carbocycles. The van der Waals surface area contributed by atoms with E-state index >= 15 is 0 Å². The van der Waals surface area contributed by atoms with Crippen molar-refractivity contribution in [1.29, 1.82) is 0 Å². The van der Waals surface area contributed by atoms with Gasteiger partial charge in [-0.15, -0.1) is 0 Å². The van der Waals surface area contributed by atoms with E-state index in [9.17, 15) is 18.0 Å². The van der Waals surface area contributed by atoms with Gasteiger partial charge in [0.1, 0.15) is 5.54 Å². The molecule has 1 aliphatic rings. The molecule has 1 aromatic rings. The van der Waals surface area contributed by atoms with Crippen LogP contribution in [0, 0.1) is 0 Å². The van der Waals surface area contributed by atoms with E-state index in [0.29, 0.717) is 0 Å². The first-order valence-electron chi connectivity index (χ1n) is 5.02. The molecule has 0 amide bonds. The quantitative estimate of drug-likeness (QED) is 0.860. The molecule has 1 aliphatic carbocycles. The van der Waals surface area contributed by atoms with Gasteiger partial charge in [0.2, 0.25) is 0 Å². The Balaban J connectivity index is 2.20. The Labute approximate surface area is 95.3 Å². The third kappa shape index (κ3) is 2.20. The van der Waals surface area contributed by atoms with Crippen molar-refractivity contribution >= 4 is 11.7 Å². The summed E-state index contributed by atoms with van der Waals surface area (Å²) in [7, 11) is 0.